The highest BCUT2D eigenvalue weighted by Gasteiger charge is 2.23. The quantitative estimate of drug-likeness (QED) is 0.842. The number of benzene rings is 1. The number of phenolic OH excluding ortho intramolecular Hbond substituents is 1. The molecule has 0 heterocycles. The van der Waals surface area contributed by atoms with E-state index >= 15 is 0 Å². The Morgan fingerprint density at radius 1 is 1.22 bits per heavy atom. The Morgan fingerprint density at radius 2 is 1.89 bits per heavy atom. The molecule has 18 heavy (non-hydrogen) atoms. The molecule has 0 bridgehead atoms. The van der Waals surface area contributed by atoms with Crippen LogP contribution in [0.3, 0.4) is 0 Å². The van der Waals surface area contributed by atoms with E-state index in [9.17, 15) is 5.11 Å². The minimum Gasteiger partial charge on any atom is -0.508 e. The van der Waals surface area contributed by atoms with Crippen molar-refractivity contribution in [2.45, 2.75) is 58.0 Å². The zero-order valence-electron chi connectivity index (χ0n) is 11.5. The van der Waals surface area contributed by atoms with E-state index < -0.39 is 0 Å². The van der Waals surface area contributed by atoms with E-state index in [0.29, 0.717) is 17.8 Å². The molecule has 1 aliphatic carbocycles. The molecule has 0 aliphatic heterocycles. The molecule has 1 aliphatic rings. The van der Waals surface area contributed by atoms with E-state index in [1.54, 1.807) is 12.1 Å². The van der Waals surface area contributed by atoms with Crippen molar-refractivity contribution >= 4 is 0 Å². The predicted octanol–water partition coefficient (Wildman–Crippen LogP) is 4.01. The highest BCUT2D eigenvalue weighted by atomic mass is 16.3. The molecule has 2 rings (SSSR count). The lowest BCUT2D eigenvalue weighted by Gasteiger charge is -2.33. The molecule has 1 fully saturated rings. The molecule has 0 saturated heterocycles. The maximum Gasteiger partial charge on any atom is 0.115 e. The smallest absolute Gasteiger partial charge is 0.115 e. The maximum absolute atomic E-state index is 9.35. The lowest BCUT2D eigenvalue weighted by Crippen LogP contribution is -2.39. The van der Waals surface area contributed by atoms with Crippen LogP contribution in [-0.4, -0.2) is 11.1 Å². The SMILES string of the molecule is CCC(NC1CCCCC1C)c1ccc(O)cc1. The zero-order chi connectivity index (χ0) is 13.0. The first-order chi connectivity index (χ1) is 8.70. The monoisotopic (exact) mass is 247 g/mol. The van der Waals surface area contributed by atoms with Gasteiger partial charge in [0.05, 0.1) is 0 Å². The third kappa shape index (κ3) is 3.26. The van der Waals surface area contributed by atoms with E-state index in [4.69, 9.17) is 0 Å². The maximum atomic E-state index is 9.35. The van der Waals surface area contributed by atoms with Gasteiger partial charge in [0, 0.05) is 12.1 Å². The van der Waals surface area contributed by atoms with Crippen molar-refractivity contribution < 1.29 is 5.11 Å². The van der Waals surface area contributed by atoms with Crippen molar-refractivity contribution in [2.24, 2.45) is 5.92 Å². The average molecular weight is 247 g/mol. The minimum absolute atomic E-state index is 0.347. The summed E-state index contributed by atoms with van der Waals surface area (Å²) in [6, 6.07) is 8.69. The molecule has 3 atom stereocenters. The van der Waals surface area contributed by atoms with Gasteiger partial charge in [0.1, 0.15) is 5.75 Å². The Bertz CT molecular complexity index is 360. The van der Waals surface area contributed by atoms with Gasteiger partial charge in [-0.1, -0.05) is 38.8 Å². The molecule has 0 aromatic heterocycles. The van der Waals surface area contributed by atoms with E-state index in [0.717, 1.165) is 12.3 Å². The normalized spacial score (nSPS) is 25.9. The van der Waals surface area contributed by atoms with Crippen LogP contribution in [0.15, 0.2) is 24.3 Å². The Hall–Kier alpha value is -1.02. The number of phenols is 1. The van der Waals surface area contributed by atoms with E-state index in [2.05, 4.69) is 19.2 Å². The van der Waals surface area contributed by atoms with Crippen LogP contribution in [0.2, 0.25) is 0 Å². The van der Waals surface area contributed by atoms with Crippen molar-refractivity contribution in [1.82, 2.24) is 5.32 Å². The fraction of sp³-hybridized carbons (Fsp3) is 0.625. The van der Waals surface area contributed by atoms with Gasteiger partial charge in [-0.3, -0.25) is 0 Å². The molecule has 0 radical (unpaired) electrons. The molecule has 0 amide bonds. The highest BCUT2D eigenvalue weighted by Crippen LogP contribution is 2.27. The summed E-state index contributed by atoms with van der Waals surface area (Å²) in [5, 5.41) is 13.2. The van der Waals surface area contributed by atoms with E-state index in [1.165, 1.54) is 31.2 Å². The van der Waals surface area contributed by atoms with Gasteiger partial charge in [-0.05, 0) is 42.9 Å². The Balaban J connectivity index is 2.02. The average Bonchev–Trinajstić information content (AvgIpc) is 2.39. The topological polar surface area (TPSA) is 32.3 Å². The number of hydrogen-bond acceptors (Lipinski definition) is 2. The van der Waals surface area contributed by atoms with Crippen LogP contribution < -0.4 is 5.32 Å². The summed E-state index contributed by atoms with van der Waals surface area (Å²) in [6.45, 7) is 4.58. The standard InChI is InChI=1S/C16H25NO/c1-3-15(13-8-10-14(18)11-9-13)17-16-7-5-4-6-12(16)2/h8-12,15-18H,3-7H2,1-2H3. The first-order valence-corrected chi connectivity index (χ1v) is 7.25. The van der Waals surface area contributed by atoms with Crippen molar-refractivity contribution in [3.63, 3.8) is 0 Å². The largest absolute Gasteiger partial charge is 0.508 e. The van der Waals surface area contributed by atoms with Gasteiger partial charge in [-0.15, -0.1) is 0 Å². The van der Waals surface area contributed by atoms with Crippen molar-refractivity contribution in [3.8, 4) is 5.75 Å². The van der Waals surface area contributed by atoms with E-state index in [-0.39, 0.29) is 0 Å². The molecule has 100 valence electrons. The second-order valence-corrected chi connectivity index (χ2v) is 5.59. The predicted molar refractivity (Wildman–Crippen MR) is 75.7 cm³/mol. The Morgan fingerprint density at radius 3 is 2.50 bits per heavy atom. The summed E-state index contributed by atoms with van der Waals surface area (Å²) in [5.74, 6) is 1.13. The van der Waals surface area contributed by atoms with Crippen molar-refractivity contribution in [2.75, 3.05) is 0 Å². The fourth-order valence-corrected chi connectivity index (χ4v) is 2.98. The molecule has 2 N–H and O–H groups in total. The van der Waals surface area contributed by atoms with Crippen molar-refractivity contribution in [3.05, 3.63) is 29.8 Å². The zero-order valence-corrected chi connectivity index (χ0v) is 11.5. The van der Waals surface area contributed by atoms with Crippen molar-refractivity contribution in [1.29, 1.82) is 0 Å². The Labute approximate surface area is 110 Å². The third-order valence-electron chi connectivity index (χ3n) is 4.23. The summed E-state index contributed by atoms with van der Waals surface area (Å²) in [6.07, 6.45) is 6.48. The van der Waals surface area contributed by atoms with Crippen LogP contribution in [-0.2, 0) is 0 Å². The molecule has 1 aromatic carbocycles. The van der Waals surface area contributed by atoms with Gasteiger partial charge in [-0.25, -0.2) is 0 Å². The van der Waals surface area contributed by atoms with Crippen LogP contribution >= 0.6 is 0 Å². The fourth-order valence-electron chi connectivity index (χ4n) is 2.98. The number of aromatic hydroxyl groups is 1. The van der Waals surface area contributed by atoms with Gasteiger partial charge < -0.3 is 10.4 Å². The number of hydrogen-bond donors (Lipinski definition) is 2. The van der Waals surface area contributed by atoms with Crippen LogP contribution in [0.25, 0.3) is 0 Å². The molecule has 1 aromatic rings. The lowest BCUT2D eigenvalue weighted by molar-refractivity contribution is 0.256. The van der Waals surface area contributed by atoms with Gasteiger partial charge in [0.2, 0.25) is 0 Å². The minimum atomic E-state index is 0.347. The van der Waals surface area contributed by atoms with Crippen LogP contribution in [0, 0.1) is 5.92 Å². The number of nitrogens with one attached hydrogen (secondary N) is 1. The first-order valence-electron chi connectivity index (χ1n) is 7.25. The van der Waals surface area contributed by atoms with Crippen LogP contribution in [0.4, 0.5) is 0 Å². The molecule has 2 nitrogen and oxygen atoms in total. The van der Waals surface area contributed by atoms with Gasteiger partial charge in [0.15, 0.2) is 0 Å². The lowest BCUT2D eigenvalue weighted by atomic mass is 9.85. The molecule has 3 unspecified atom stereocenters. The second-order valence-electron chi connectivity index (χ2n) is 5.59. The first kappa shape index (κ1) is 13.4. The third-order valence-corrected chi connectivity index (χ3v) is 4.23. The Kier molecular flexibility index (Phi) is 4.65. The molecule has 2 heteroatoms. The summed E-state index contributed by atoms with van der Waals surface area (Å²) in [5.41, 5.74) is 1.29. The van der Waals surface area contributed by atoms with Gasteiger partial charge in [0.25, 0.3) is 0 Å². The second kappa shape index (κ2) is 6.24. The molecular formula is C16H25NO. The summed E-state index contributed by atoms with van der Waals surface area (Å²) in [4.78, 5) is 0. The molecular weight excluding hydrogens is 222 g/mol. The van der Waals surface area contributed by atoms with Crippen LogP contribution in [0.1, 0.15) is 57.6 Å². The molecule has 0 spiro atoms. The summed E-state index contributed by atoms with van der Waals surface area (Å²) >= 11 is 0. The van der Waals surface area contributed by atoms with Gasteiger partial charge >= 0.3 is 0 Å². The molecule has 1 saturated carbocycles. The number of rotatable bonds is 4. The summed E-state index contributed by atoms with van der Waals surface area (Å²) < 4.78 is 0. The summed E-state index contributed by atoms with van der Waals surface area (Å²) in [7, 11) is 0. The van der Waals surface area contributed by atoms with E-state index in [1.807, 2.05) is 12.1 Å². The highest BCUT2D eigenvalue weighted by molar-refractivity contribution is 5.28. The van der Waals surface area contributed by atoms with Crippen LogP contribution in [0.5, 0.6) is 5.75 Å². The van der Waals surface area contributed by atoms with Gasteiger partial charge in [-0.2, -0.15) is 0 Å².